The largest absolute Gasteiger partial charge is 0.386 e. The van der Waals surface area contributed by atoms with E-state index in [9.17, 15) is 9.50 Å². The molecule has 0 bridgehead atoms. The highest BCUT2D eigenvalue weighted by Crippen LogP contribution is 2.32. The van der Waals surface area contributed by atoms with E-state index in [1.54, 1.807) is 12.1 Å². The molecule has 2 N–H and O–H groups in total. The number of aliphatic hydroxyl groups is 1. The van der Waals surface area contributed by atoms with Gasteiger partial charge in [-0.3, -0.25) is 0 Å². The molecule has 0 fully saturated rings. The van der Waals surface area contributed by atoms with Crippen molar-refractivity contribution in [2.75, 3.05) is 5.32 Å². The van der Waals surface area contributed by atoms with Crippen LogP contribution in [0.2, 0.25) is 5.02 Å². The highest BCUT2D eigenvalue weighted by molar-refractivity contribution is 6.30. The summed E-state index contributed by atoms with van der Waals surface area (Å²) in [6, 6.07) is 12.2. The summed E-state index contributed by atoms with van der Waals surface area (Å²) >= 11 is 5.74. The third-order valence-electron chi connectivity index (χ3n) is 3.75. The van der Waals surface area contributed by atoms with Crippen molar-refractivity contribution >= 4 is 17.3 Å². The first-order valence-corrected chi connectivity index (χ1v) is 7.00. The van der Waals surface area contributed by atoms with Gasteiger partial charge in [-0.05, 0) is 36.6 Å². The molecular weight excluding hydrogens is 277 g/mol. The number of hydrogen-bond acceptors (Lipinski definition) is 2. The topological polar surface area (TPSA) is 32.3 Å². The van der Waals surface area contributed by atoms with Gasteiger partial charge in [-0.1, -0.05) is 35.9 Å². The Morgan fingerprint density at radius 2 is 2.05 bits per heavy atom. The van der Waals surface area contributed by atoms with Crippen molar-refractivity contribution < 1.29 is 9.50 Å². The van der Waals surface area contributed by atoms with Crippen LogP contribution in [0.15, 0.2) is 42.5 Å². The number of halogens is 2. The van der Waals surface area contributed by atoms with Crippen LogP contribution >= 0.6 is 11.6 Å². The van der Waals surface area contributed by atoms with E-state index in [2.05, 4.69) is 11.4 Å². The van der Waals surface area contributed by atoms with E-state index in [0.717, 1.165) is 18.5 Å². The third-order valence-corrected chi connectivity index (χ3v) is 3.98. The maximum atomic E-state index is 13.9. The molecule has 0 aromatic heterocycles. The first kappa shape index (κ1) is 13.4. The van der Waals surface area contributed by atoms with Gasteiger partial charge in [-0.25, -0.2) is 4.39 Å². The lowest BCUT2D eigenvalue weighted by Gasteiger charge is -2.31. The highest BCUT2D eigenvalue weighted by Gasteiger charge is 2.27. The molecule has 1 aliphatic heterocycles. The maximum absolute atomic E-state index is 13.9. The smallest absolute Gasteiger partial charge is 0.130 e. The van der Waals surface area contributed by atoms with E-state index in [0.29, 0.717) is 5.02 Å². The zero-order valence-electron chi connectivity index (χ0n) is 10.8. The van der Waals surface area contributed by atoms with Crippen molar-refractivity contribution in [3.05, 3.63) is 64.4 Å². The standard InChI is InChI=1S/C16H15ClFNO/c17-11-6-7-12(13(18)9-11)16(20)15-8-5-10-3-1-2-4-14(10)19-15/h1-4,6-7,9,15-16,19-20H,5,8H2. The summed E-state index contributed by atoms with van der Waals surface area (Å²) in [5.74, 6) is -0.467. The average molecular weight is 292 g/mol. The second kappa shape index (κ2) is 5.43. The van der Waals surface area contributed by atoms with Crippen molar-refractivity contribution in [1.82, 2.24) is 0 Å². The van der Waals surface area contributed by atoms with Gasteiger partial charge in [0.15, 0.2) is 0 Å². The van der Waals surface area contributed by atoms with Crippen LogP contribution in [0.5, 0.6) is 0 Å². The van der Waals surface area contributed by atoms with Gasteiger partial charge in [0.1, 0.15) is 11.9 Å². The Hall–Kier alpha value is -1.58. The SMILES string of the molecule is OC(c1ccc(Cl)cc1F)C1CCc2ccccc2N1. The summed E-state index contributed by atoms with van der Waals surface area (Å²) in [5, 5.41) is 14.0. The average Bonchev–Trinajstić information content (AvgIpc) is 2.46. The summed E-state index contributed by atoms with van der Waals surface area (Å²) in [6.07, 6.45) is 0.751. The van der Waals surface area contributed by atoms with Crippen LogP contribution in [0.25, 0.3) is 0 Å². The molecule has 2 nitrogen and oxygen atoms in total. The minimum absolute atomic E-state index is 0.194. The molecule has 2 aromatic carbocycles. The summed E-state index contributed by atoms with van der Waals surface area (Å²) in [6.45, 7) is 0. The second-order valence-electron chi connectivity index (χ2n) is 5.06. The molecule has 0 saturated heterocycles. The Balaban J connectivity index is 1.84. The minimum Gasteiger partial charge on any atom is -0.386 e. The molecule has 20 heavy (non-hydrogen) atoms. The molecule has 2 atom stereocenters. The summed E-state index contributed by atoms with van der Waals surface area (Å²) < 4.78 is 13.9. The third kappa shape index (κ3) is 2.51. The fourth-order valence-electron chi connectivity index (χ4n) is 2.66. The lowest BCUT2D eigenvalue weighted by Crippen LogP contribution is -2.32. The Morgan fingerprint density at radius 1 is 1.25 bits per heavy atom. The van der Waals surface area contributed by atoms with Gasteiger partial charge in [0.25, 0.3) is 0 Å². The molecule has 2 aromatic rings. The molecule has 0 aliphatic carbocycles. The van der Waals surface area contributed by atoms with Crippen LogP contribution in [-0.2, 0) is 6.42 Å². The van der Waals surface area contributed by atoms with E-state index < -0.39 is 11.9 Å². The Bertz CT molecular complexity index is 632. The number of nitrogens with one attached hydrogen (secondary N) is 1. The van der Waals surface area contributed by atoms with Gasteiger partial charge >= 0.3 is 0 Å². The van der Waals surface area contributed by atoms with Crippen molar-refractivity contribution in [3.8, 4) is 0 Å². The molecule has 0 radical (unpaired) electrons. The quantitative estimate of drug-likeness (QED) is 0.878. The predicted molar refractivity (Wildman–Crippen MR) is 78.5 cm³/mol. The summed E-state index contributed by atoms with van der Waals surface area (Å²) in [4.78, 5) is 0. The predicted octanol–water partition coefficient (Wildman–Crippen LogP) is 3.94. The van der Waals surface area contributed by atoms with Gasteiger partial charge in [-0.15, -0.1) is 0 Å². The lowest BCUT2D eigenvalue weighted by molar-refractivity contribution is 0.144. The van der Waals surface area contributed by atoms with Gasteiger partial charge < -0.3 is 10.4 Å². The number of rotatable bonds is 2. The number of benzene rings is 2. The number of aryl methyl sites for hydroxylation is 1. The zero-order valence-corrected chi connectivity index (χ0v) is 11.6. The maximum Gasteiger partial charge on any atom is 0.130 e. The van der Waals surface area contributed by atoms with Crippen LogP contribution in [-0.4, -0.2) is 11.1 Å². The number of para-hydroxylation sites is 1. The molecular formula is C16H15ClFNO. The second-order valence-corrected chi connectivity index (χ2v) is 5.49. The normalized spacial score (nSPS) is 19.1. The minimum atomic E-state index is -0.888. The van der Waals surface area contributed by atoms with Gasteiger partial charge in [-0.2, -0.15) is 0 Å². The van der Waals surface area contributed by atoms with Gasteiger partial charge in [0.2, 0.25) is 0 Å². The van der Waals surface area contributed by atoms with Gasteiger partial charge in [0.05, 0.1) is 6.04 Å². The summed E-state index contributed by atoms with van der Waals surface area (Å²) in [7, 11) is 0. The number of aliphatic hydroxyl groups excluding tert-OH is 1. The Labute approximate surface area is 122 Å². The number of hydrogen-bond donors (Lipinski definition) is 2. The van der Waals surface area contributed by atoms with Crippen molar-refractivity contribution in [2.45, 2.75) is 25.0 Å². The lowest BCUT2D eigenvalue weighted by atomic mass is 9.91. The Kier molecular flexibility index (Phi) is 3.64. The fraction of sp³-hybridized carbons (Fsp3) is 0.250. The van der Waals surface area contributed by atoms with E-state index in [-0.39, 0.29) is 11.6 Å². The monoisotopic (exact) mass is 291 g/mol. The summed E-state index contributed by atoms with van der Waals surface area (Å²) in [5.41, 5.74) is 2.52. The van der Waals surface area contributed by atoms with Crippen LogP contribution in [0.1, 0.15) is 23.7 Å². The van der Waals surface area contributed by atoms with E-state index >= 15 is 0 Å². The van der Waals surface area contributed by atoms with Crippen LogP contribution in [0.4, 0.5) is 10.1 Å². The van der Waals surface area contributed by atoms with Crippen molar-refractivity contribution in [2.24, 2.45) is 0 Å². The first-order valence-electron chi connectivity index (χ1n) is 6.62. The van der Waals surface area contributed by atoms with E-state index in [1.807, 2.05) is 18.2 Å². The molecule has 2 unspecified atom stereocenters. The van der Waals surface area contributed by atoms with Crippen molar-refractivity contribution in [1.29, 1.82) is 0 Å². The molecule has 0 spiro atoms. The fourth-order valence-corrected chi connectivity index (χ4v) is 2.82. The molecule has 1 aliphatic rings. The molecule has 0 saturated carbocycles. The number of anilines is 1. The van der Waals surface area contributed by atoms with Crippen LogP contribution in [0, 0.1) is 5.82 Å². The number of fused-ring (bicyclic) bond motifs is 1. The molecule has 104 valence electrons. The molecule has 3 rings (SSSR count). The Morgan fingerprint density at radius 3 is 2.85 bits per heavy atom. The molecule has 4 heteroatoms. The zero-order chi connectivity index (χ0) is 14.1. The highest BCUT2D eigenvalue weighted by atomic mass is 35.5. The molecule has 0 amide bonds. The molecule has 1 heterocycles. The van der Waals surface area contributed by atoms with Gasteiger partial charge in [0, 0.05) is 16.3 Å². The van der Waals surface area contributed by atoms with E-state index in [4.69, 9.17) is 11.6 Å². The van der Waals surface area contributed by atoms with Crippen LogP contribution in [0.3, 0.4) is 0 Å². The van der Waals surface area contributed by atoms with Crippen LogP contribution < -0.4 is 5.32 Å². The van der Waals surface area contributed by atoms with Crippen molar-refractivity contribution in [3.63, 3.8) is 0 Å². The first-order chi connectivity index (χ1) is 9.65. The van der Waals surface area contributed by atoms with E-state index in [1.165, 1.54) is 11.6 Å².